The molecule has 20 heavy (non-hydrogen) atoms. The SMILES string of the molecule is CCCN(CCC)S(=O)(=O)c1ccc(C(=O)O)c(Cl)c1. The van der Waals surface area contributed by atoms with E-state index < -0.39 is 16.0 Å². The Balaban J connectivity index is 3.20. The van der Waals surface area contributed by atoms with Crippen molar-refractivity contribution >= 4 is 27.6 Å². The van der Waals surface area contributed by atoms with Gasteiger partial charge in [-0.25, -0.2) is 13.2 Å². The maximum Gasteiger partial charge on any atom is 0.337 e. The van der Waals surface area contributed by atoms with E-state index in [-0.39, 0.29) is 15.5 Å². The minimum atomic E-state index is -3.63. The average molecular weight is 320 g/mol. The van der Waals surface area contributed by atoms with Gasteiger partial charge < -0.3 is 5.11 Å². The summed E-state index contributed by atoms with van der Waals surface area (Å²) in [5.41, 5.74) is -0.108. The molecule has 1 rings (SSSR count). The van der Waals surface area contributed by atoms with E-state index in [9.17, 15) is 13.2 Å². The molecule has 0 bridgehead atoms. The van der Waals surface area contributed by atoms with Crippen molar-refractivity contribution in [2.45, 2.75) is 31.6 Å². The van der Waals surface area contributed by atoms with Gasteiger partial charge in [0.2, 0.25) is 10.0 Å². The summed E-state index contributed by atoms with van der Waals surface area (Å²) >= 11 is 5.83. The molecule has 1 aromatic rings. The predicted molar refractivity (Wildman–Crippen MR) is 77.8 cm³/mol. The van der Waals surface area contributed by atoms with E-state index in [0.29, 0.717) is 25.9 Å². The Bertz CT molecular complexity index is 580. The average Bonchev–Trinajstić information content (AvgIpc) is 2.37. The maximum atomic E-state index is 12.5. The number of carbonyl (C=O) groups is 1. The van der Waals surface area contributed by atoms with Crippen LogP contribution in [-0.4, -0.2) is 36.9 Å². The Kier molecular flexibility index (Phi) is 5.98. The van der Waals surface area contributed by atoms with Crippen molar-refractivity contribution in [2.24, 2.45) is 0 Å². The summed E-state index contributed by atoms with van der Waals surface area (Å²) in [6, 6.07) is 3.69. The predicted octanol–water partition coefficient (Wildman–Crippen LogP) is 2.85. The highest BCUT2D eigenvalue weighted by molar-refractivity contribution is 7.89. The Morgan fingerprint density at radius 3 is 2.20 bits per heavy atom. The molecule has 5 nitrogen and oxygen atoms in total. The van der Waals surface area contributed by atoms with E-state index in [4.69, 9.17) is 16.7 Å². The number of hydrogen-bond acceptors (Lipinski definition) is 3. The molecule has 0 amide bonds. The molecule has 0 saturated heterocycles. The fraction of sp³-hybridized carbons (Fsp3) is 0.462. The van der Waals surface area contributed by atoms with Crippen LogP contribution in [0.2, 0.25) is 5.02 Å². The third kappa shape index (κ3) is 3.71. The third-order valence-corrected chi connectivity index (χ3v) is 4.96. The Hall–Kier alpha value is -1.11. The summed E-state index contributed by atoms with van der Waals surface area (Å²) in [6.45, 7) is 4.65. The number of halogens is 1. The minimum Gasteiger partial charge on any atom is -0.478 e. The van der Waals surface area contributed by atoms with Crippen LogP contribution < -0.4 is 0 Å². The normalized spacial score (nSPS) is 11.8. The van der Waals surface area contributed by atoms with Crippen molar-refractivity contribution in [1.29, 1.82) is 0 Å². The second-order valence-electron chi connectivity index (χ2n) is 4.35. The van der Waals surface area contributed by atoms with Crippen molar-refractivity contribution in [3.63, 3.8) is 0 Å². The Labute approximate surface area is 124 Å². The molecule has 0 atom stereocenters. The molecule has 112 valence electrons. The topological polar surface area (TPSA) is 74.7 Å². The van der Waals surface area contributed by atoms with Gasteiger partial charge >= 0.3 is 5.97 Å². The van der Waals surface area contributed by atoms with Crippen molar-refractivity contribution < 1.29 is 18.3 Å². The van der Waals surface area contributed by atoms with Gasteiger partial charge in [-0.2, -0.15) is 4.31 Å². The molecule has 0 aliphatic carbocycles. The lowest BCUT2D eigenvalue weighted by Gasteiger charge is -2.21. The van der Waals surface area contributed by atoms with E-state index >= 15 is 0 Å². The van der Waals surface area contributed by atoms with E-state index in [1.54, 1.807) is 0 Å². The van der Waals surface area contributed by atoms with Gasteiger partial charge in [-0.3, -0.25) is 0 Å². The Morgan fingerprint density at radius 2 is 1.80 bits per heavy atom. The summed E-state index contributed by atoms with van der Waals surface area (Å²) < 4.78 is 26.3. The fourth-order valence-corrected chi connectivity index (χ4v) is 3.81. The quantitative estimate of drug-likeness (QED) is 0.838. The maximum absolute atomic E-state index is 12.5. The first-order chi connectivity index (χ1) is 9.34. The first-order valence-corrected chi connectivity index (χ1v) is 8.19. The highest BCUT2D eigenvalue weighted by Crippen LogP contribution is 2.23. The second-order valence-corrected chi connectivity index (χ2v) is 6.70. The van der Waals surface area contributed by atoms with Crippen LogP contribution in [0.15, 0.2) is 23.1 Å². The summed E-state index contributed by atoms with van der Waals surface area (Å²) in [5.74, 6) is -1.18. The fourth-order valence-electron chi connectivity index (χ4n) is 1.83. The highest BCUT2D eigenvalue weighted by Gasteiger charge is 2.24. The molecule has 1 N–H and O–H groups in total. The van der Waals surface area contributed by atoms with Crippen molar-refractivity contribution in [2.75, 3.05) is 13.1 Å². The standard InChI is InChI=1S/C13H18ClNO4S/c1-3-7-15(8-4-2)20(18,19)10-5-6-11(13(16)17)12(14)9-10/h5-6,9H,3-4,7-8H2,1-2H3,(H,16,17). The van der Waals surface area contributed by atoms with Crippen molar-refractivity contribution in [3.05, 3.63) is 28.8 Å². The van der Waals surface area contributed by atoms with Crippen LogP contribution in [0.4, 0.5) is 0 Å². The van der Waals surface area contributed by atoms with Gasteiger partial charge in [-0.15, -0.1) is 0 Å². The van der Waals surface area contributed by atoms with E-state index in [2.05, 4.69) is 0 Å². The first kappa shape index (κ1) is 16.9. The van der Waals surface area contributed by atoms with E-state index in [0.717, 1.165) is 0 Å². The lowest BCUT2D eigenvalue weighted by Crippen LogP contribution is -2.32. The molecule has 0 spiro atoms. The van der Waals surface area contributed by atoms with Crippen molar-refractivity contribution in [3.8, 4) is 0 Å². The van der Waals surface area contributed by atoms with Gasteiger partial charge in [0, 0.05) is 13.1 Å². The van der Waals surface area contributed by atoms with E-state index in [1.807, 2.05) is 13.8 Å². The lowest BCUT2D eigenvalue weighted by molar-refractivity contribution is 0.0697. The molecule has 0 aliphatic rings. The van der Waals surface area contributed by atoms with Gasteiger partial charge in [0.15, 0.2) is 0 Å². The number of carboxylic acids is 1. The number of sulfonamides is 1. The summed E-state index contributed by atoms with van der Waals surface area (Å²) in [4.78, 5) is 10.9. The number of nitrogens with zero attached hydrogens (tertiary/aromatic N) is 1. The van der Waals surface area contributed by atoms with Crippen LogP contribution in [0.5, 0.6) is 0 Å². The number of benzene rings is 1. The van der Waals surface area contributed by atoms with Gasteiger partial charge in [0.05, 0.1) is 15.5 Å². The molecule has 0 saturated carbocycles. The number of rotatable bonds is 7. The lowest BCUT2D eigenvalue weighted by atomic mass is 10.2. The number of aromatic carboxylic acids is 1. The second kappa shape index (κ2) is 7.06. The number of hydrogen-bond donors (Lipinski definition) is 1. The molecular weight excluding hydrogens is 302 g/mol. The largest absolute Gasteiger partial charge is 0.478 e. The van der Waals surface area contributed by atoms with Gasteiger partial charge in [0.1, 0.15) is 0 Å². The molecule has 0 radical (unpaired) electrons. The summed E-state index contributed by atoms with van der Waals surface area (Å²) in [7, 11) is -3.63. The smallest absolute Gasteiger partial charge is 0.337 e. The highest BCUT2D eigenvalue weighted by atomic mass is 35.5. The van der Waals surface area contributed by atoms with Crippen LogP contribution in [-0.2, 0) is 10.0 Å². The molecule has 0 unspecified atom stereocenters. The molecule has 1 aromatic carbocycles. The van der Waals surface area contributed by atoms with Gasteiger partial charge in [-0.05, 0) is 31.0 Å². The molecule has 0 aromatic heterocycles. The summed E-state index contributed by atoms with van der Waals surface area (Å²) in [6.07, 6.45) is 1.42. The van der Waals surface area contributed by atoms with E-state index in [1.165, 1.54) is 22.5 Å². The molecule has 0 aliphatic heterocycles. The van der Waals surface area contributed by atoms with Crippen LogP contribution in [0.3, 0.4) is 0 Å². The molecular formula is C13H18ClNO4S. The minimum absolute atomic E-state index is 0.0226. The zero-order chi connectivity index (χ0) is 15.3. The van der Waals surface area contributed by atoms with Crippen LogP contribution in [0.25, 0.3) is 0 Å². The Morgan fingerprint density at radius 1 is 1.25 bits per heavy atom. The first-order valence-electron chi connectivity index (χ1n) is 6.37. The van der Waals surface area contributed by atoms with Gasteiger partial charge in [-0.1, -0.05) is 25.4 Å². The van der Waals surface area contributed by atoms with Crippen LogP contribution >= 0.6 is 11.6 Å². The molecule has 0 fully saturated rings. The third-order valence-electron chi connectivity index (χ3n) is 2.75. The van der Waals surface area contributed by atoms with Gasteiger partial charge in [0.25, 0.3) is 0 Å². The number of carboxylic acid groups (broad SMARTS) is 1. The van der Waals surface area contributed by atoms with Crippen LogP contribution in [0.1, 0.15) is 37.0 Å². The zero-order valence-electron chi connectivity index (χ0n) is 11.5. The van der Waals surface area contributed by atoms with Crippen molar-refractivity contribution in [1.82, 2.24) is 4.31 Å². The zero-order valence-corrected chi connectivity index (χ0v) is 13.0. The molecule has 7 heteroatoms. The molecule has 0 heterocycles. The monoisotopic (exact) mass is 319 g/mol. The summed E-state index contributed by atoms with van der Waals surface area (Å²) in [5, 5.41) is 8.82. The van der Waals surface area contributed by atoms with Crippen LogP contribution in [0, 0.1) is 0 Å².